The number of anilines is 1. The van der Waals surface area contributed by atoms with E-state index in [0.717, 1.165) is 31.4 Å². The number of rotatable bonds is 4. The number of carbonyl (C=O) groups excluding carboxylic acids is 1. The quantitative estimate of drug-likeness (QED) is 0.856. The van der Waals surface area contributed by atoms with Crippen LogP contribution in [0.4, 0.5) is 5.69 Å². The molecule has 1 aliphatic rings. The first-order valence-corrected chi connectivity index (χ1v) is 7.67. The standard InChI is InChI=1S/C17H25NO/c1-3-13-11-8-12-14(4-2)16(13)18-17(19)15-9-6-5-7-10-15/h8,11-12,15H,3-7,9-10H2,1-2H3,(H,18,19). The Morgan fingerprint density at radius 3 is 2.21 bits per heavy atom. The molecule has 1 aromatic rings. The van der Waals surface area contributed by atoms with Gasteiger partial charge >= 0.3 is 0 Å². The highest BCUT2D eigenvalue weighted by Gasteiger charge is 2.22. The molecule has 0 aromatic heterocycles. The van der Waals surface area contributed by atoms with E-state index in [1.54, 1.807) is 0 Å². The van der Waals surface area contributed by atoms with Gasteiger partial charge in [-0.1, -0.05) is 51.3 Å². The Balaban J connectivity index is 2.15. The topological polar surface area (TPSA) is 29.1 Å². The van der Waals surface area contributed by atoms with E-state index in [1.165, 1.54) is 30.4 Å². The van der Waals surface area contributed by atoms with Gasteiger partial charge in [0.05, 0.1) is 0 Å². The van der Waals surface area contributed by atoms with Crippen molar-refractivity contribution in [1.82, 2.24) is 0 Å². The van der Waals surface area contributed by atoms with Gasteiger partial charge in [-0.3, -0.25) is 4.79 Å². The Kier molecular flexibility index (Phi) is 5.00. The first kappa shape index (κ1) is 14.1. The smallest absolute Gasteiger partial charge is 0.227 e. The Labute approximate surface area is 116 Å². The summed E-state index contributed by atoms with van der Waals surface area (Å²) in [5.41, 5.74) is 3.58. The average Bonchev–Trinajstić information content (AvgIpc) is 2.48. The second-order valence-electron chi connectivity index (χ2n) is 5.48. The fourth-order valence-electron chi connectivity index (χ4n) is 2.99. The second kappa shape index (κ2) is 6.74. The van der Waals surface area contributed by atoms with Gasteiger partial charge in [-0.2, -0.15) is 0 Å². The van der Waals surface area contributed by atoms with Gasteiger partial charge in [0, 0.05) is 11.6 Å². The van der Waals surface area contributed by atoms with E-state index < -0.39 is 0 Å². The molecule has 1 N–H and O–H groups in total. The van der Waals surface area contributed by atoms with Crippen LogP contribution in [-0.2, 0) is 17.6 Å². The summed E-state index contributed by atoms with van der Waals surface area (Å²) in [4.78, 5) is 12.4. The van der Waals surface area contributed by atoms with Crippen LogP contribution in [0.2, 0.25) is 0 Å². The molecule has 2 rings (SSSR count). The summed E-state index contributed by atoms with van der Waals surface area (Å²) in [5, 5.41) is 3.21. The number of benzene rings is 1. The Bertz CT molecular complexity index is 411. The van der Waals surface area contributed by atoms with Gasteiger partial charge in [-0.25, -0.2) is 0 Å². The van der Waals surface area contributed by atoms with Crippen LogP contribution < -0.4 is 5.32 Å². The van der Waals surface area contributed by atoms with Crippen LogP contribution in [0.25, 0.3) is 0 Å². The number of hydrogen-bond acceptors (Lipinski definition) is 1. The van der Waals surface area contributed by atoms with Gasteiger partial charge in [0.15, 0.2) is 0 Å². The summed E-state index contributed by atoms with van der Waals surface area (Å²) in [6.07, 6.45) is 7.74. The zero-order valence-electron chi connectivity index (χ0n) is 12.2. The highest BCUT2D eigenvalue weighted by molar-refractivity contribution is 5.94. The van der Waals surface area contributed by atoms with Crippen LogP contribution in [0.5, 0.6) is 0 Å². The summed E-state index contributed by atoms with van der Waals surface area (Å²) >= 11 is 0. The second-order valence-corrected chi connectivity index (χ2v) is 5.48. The lowest BCUT2D eigenvalue weighted by Gasteiger charge is -2.22. The van der Waals surface area contributed by atoms with E-state index in [4.69, 9.17) is 0 Å². The molecule has 1 aliphatic carbocycles. The predicted molar refractivity (Wildman–Crippen MR) is 80.4 cm³/mol. The fourth-order valence-corrected chi connectivity index (χ4v) is 2.99. The minimum absolute atomic E-state index is 0.225. The average molecular weight is 259 g/mol. The summed E-state index contributed by atoms with van der Waals surface area (Å²) in [7, 11) is 0. The number of aryl methyl sites for hydroxylation is 2. The van der Waals surface area contributed by atoms with E-state index in [9.17, 15) is 4.79 Å². The summed E-state index contributed by atoms with van der Waals surface area (Å²) < 4.78 is 0. The van der Waals surface area contributed by atoms with Gasteiger partial charge in [-0.15, -0.1) is 0 Å². The third-order valence-corrected chi connectivity index (χ3v) is 4.22. The molecule has 0 unspecified atom stereocenters. The number of nitrogens with one attached hydrogen (secondary N) is 1. The number of para-hydroxylation sites is 1. The molecule has 0 atom stereocenters. The maximum absolute atomic E-state index is 12.4. The molecule has 19 heavy (non-hydrogen) atoms. The van der Waals surface area contributed by atoms with Crippen molar-refractivity contribution in [2.75, 3.05) is 5.32 Å². The van der Waals surface area contributed by atoms with Gasteiger partial charge in [0.2, 0.25) is 5.91 Å². The number of carbonyl (C=O) groups is 1. The zero-order valence-corrected chi connectivity index (χ0v) is 12.2. The zero-order chi connectivity index (χ0) is 13.7. The third kappa shape index (κ3) is 3.37. The van der Waals surface area contributed by atoms with E-state index in [0.29, 0.717) is 0 Å². The Hall–Kier alpha value is -1.31. The maximum Gasteiger partial charge on any atom is 0.227 e. The van der Waals surface area contributed by atoms with Crippen LogP contribution >= 0.6 is 0 Å². The molecule has 0 aliphatic heterocycles. The number of amides is 1. The van der Waals surface area contributed by atoms with Crippen molar-refractivity contribution < 1.29 is 4.79 Å². The van der Waals surface area contributed by atoms with Crippen molar-refractivity contribution in [1.29, 1.82) is 0 Å². The molecule has 104 valence electrons. The highest BCUT2D eigenvalue weighted by Crippen LogP contribution is 2.27. The summed E-state index contributed by atoms with van der Waals surface area (Å²) in [5.74, 6) is 0.457. The van der Waals surface area contributed by atoms with Crippen molar-refractivity contribution in [2.45, 2.75) is 58.8 Å². The monoisotopic (exact) mass is 259 g/mol. The normalized spacial score (nSPS) is 16.3. The lowest BCUT2D eigenvalue weighted by molar-refractivity contribution is -0.120. The minimum Gasteiger partial charge on any atom is -0.325 e. The highest BCUT2D eigenvalue weighted by atomic mass is 16.1. The van der Waals surface area contributed by atoms with Crippen molar-refractivity contribution in [2.24, 2.45) is 5.92 Å². The fraction of sp³-hybridized carbons (Fsp3) is 0.588. The lowest BCUT2D eigenvalue weighted by atomic mass is 9.88. The molecule has 1 saturated carbocycles. The van der Waals surface area contributed by atoms with Crippen LogP contribution in [0.3, 0.4) is 0 Å². The largest absolute Gasteiger partial charge is 0.325 e. The van der Waals surface area contributed by atoms with E-state index >= 15 is 0 Å². The molecule has 2 nitrogen and oxygen atoms in total. The third-order valence-electron chi connectivity index (χ3n) is 4.22. The van der Waals surface area contributed by atoms with E-state index in [-0.39, 0.29) is 11.8 Å². The summed E-state index contributed by atoms with van der Waals surface area (Å²) in [6.45, 7) is 4.29. The Morgan fingerprint density at radius 2 is 1.68 bits per heavy atom. The molecule has 0 radical (unpaired) electrons. The molecule has 0 heterocycles. The van der Waals surface area contributed by atoms with Crippen molar-refractivity contribution >= 4 is 11.6 Å². The molecule has 2 heteroatoms. The van der Waals surface area contributed by atoms with E-state index in [1.807, 2.05) is 0 Å². The first-order chi connectivity index (χ1) is 9.26. The molecule has 0 saturated heterocycles. The van der Waals surface area contributed by atoms with Crippen LogP contribution in [-0.4, -0.2) is 5.91 Å². The Morgan fingerprint density at radius 1 is 1.11 bits per heavy atom. The van der Waals surface area contributed by atoms with Gasteiger partial charge < -0.3 is 5.32 Å². The summed E-state index contributed by atoms with van der Waals surface area (Å²) in [6, 6.07) is 6.33. The minimum atomic E-state index is 0.225. The van der Waals surface area contributed by atoms with Gasteiger partial charge in [0.25, 0.3) is 0 Å². The molecule has 1 aromatic carbocycles. The molecule has 1 amide bonds. The van der Waals surface area contributed by atoms with Crippen LogP contribution in [0.15, 0.2) is 18.2 Å². The lowest BCUT2D eigenvalue weighted by Crippen LogP contribution is -2.25. The van der Waals surface area contributed by atoms with Crippen molar-refractivity contribution in [3.8, 4) is 0 Å². The van der Waals surface area contributed by atoms with Gasteiger partial charge in [-0.05, 0) is 36.8 Å². The predicted octanol–water partition coefficient (Wildman–Crippen LogP) is 4.33. The van der Waals surface area contributed by atoms with Crippen molar-refractivity contribution in [3.05, 3.63) is 29.3 Å². The van der Waals surface area contributed by atoms with E-state index in [2.05, 4.69) is 37.4 Å². The molecule has 0 bridgehead atoms. The SMILES string of the molecule is CCc1cccc(CC)c1NC(=O)C1CCCCC1. The first-order valence-electron chi connectivity index (χ1n) is 7.67. The van der Waals surface area contributed by atoms with Crippen LogP contribution in [0, 0.1) is 5.92 Å². The van der Waals surface area contributed by atoms with Crippen molar-refractivity contribution in [3.63, 3.8) is 0 Å². The van der Waals surface area contributed by atoms with Gasteiger partial charge in [0.1, 0.15) is 0 Å². The molecule has 1 fully saturated rings. The molecular formula is C17H25NO. The molecule has 0 spiro atoms. The van der Waals surface area contributed by atoms with Crippen LogP contribution in [0.1, 0.15) is 57.1 Å². The number of hydrogen-bond donors (Lipinski definition) is 1. The molecular weight excluding hydrogens is 234 g/mol. The maximum atomic E-state index is 12.4.